The van der Waals surface area contributed by atoms with Crippen LogP contribution in [0, 0.1) is 0 Å². The highest BCUT2D eigenvalue weighted by molar-refractivity contribution is 8.00. The second-order valence-electron chi connectivity index (χ2n) is 6.33. The maximum Gasteiger partial charge on any atom is 0.247 e. The standard InChI is InChI=1S/C18H24N2O3S2/c1-2-25(22,23)19-12-10-18(11-13-19)20(14-15-24-18)17(21)9-8-16-6-4-3-5-7-16/h3-9H,2,10-15H2,1H3/b9-8+. The molecule has 5 nitrogen and oxygen atoms in total. The van der Waals surface area contributed by atoms with Gasteiger partial charge >= 0.3 is 0 Å². The number of sulfonamides is 1. The van der Waals surface area contributed by atoms with Crippen LogP contribution in [0.1, 0.15) is 25.3 Å². The number of benzene rings is 1. The Morgan fingerprint density at radius 1 is 1.20 bits per heavy atom. The number of thioether (sulfide) groups is 1. The Balaban J connectivity index is 1.69. The Labute approximate surface area is 154 Å². The SMILES string of the molecule is CCS(=O)(=O)N1CCC2(CC1)SCCN2C(=O)/C=C/c1ccccc1. The number of carbonyl (C=O) groups excluding carboxylic acids is 1. The van der Waals surface area contributed by atoms with Crippen molar-refractivity contribution < 1.29 is 13.2 Å². The summed E-state index contributed by atoms with van der Waals surface area (Å²) in [6.07, 6.45) is 4.87. The molecule has 0 atom stereocenters. The van der Waals surface area contributed by atoms with Crippen molar-refractivity contribution in [2.75, 3.05) is 31.1 Å². The fourth-order valence-electron chi connectivity index (χ4n) is 3.45. The van der Waals surface area contributed by atoms with E-state index in [0.29, 0.717) is 25.9 Å². The van der Waals surface area contributed by atoms with Crippen LogP contribution in [-0.4, -0.2) is 59.5 Å². The zero-order valence-corrected chi connectivity index (χ0v) is 16.1. The number of amides is 1. The molecule has 1 spiro atoms. The molecular weight excluding hydrogens is 356 g/mol. The third kappa shape index (κ3) is 3.93. The number of hydrogen-bond donors (Lipinski definition) is 0. The molecule has 0 unspecified atom stereocenters. The van der Waals surface area contributed by atoms with E-state index < -0.39 is 10.0 Å². The second kappa shape index (κ2) is 7.51. The van der Waals surface area contributed by atoms with Gasteiger partial charge in [0, 0.05) is 31.5 Å². The molecule has 1 aromatic carbocycles. The number of hydrogen-bond acceptors (Lipinski definition) is 4. The van der Waals surface area contributed by atoms with Crippen LogP contribution in [0.25, 0.3) is 6.08 Å². The molecule has 0 N–H and O–H groups in total. The van der Waals surface area contributed by atoms with Crippen molar-refractivity contribution in [1.29, 1.82) is 0 Å². The molecular formula is C18H24N2O3S2. The lowest BCUT2D eigenvalue weighted by Crippen LogP contribution is -2.53. The summed E-state index contributed by atoms with van der Waals surface area (Å²) in [4.78, 5) is 14.4. The molecule has 2 aliphatic heterocycles. The molecule has 136 valence electrons. The largest absolute Gasteiger partial charge is 0.324 e. The lowest BCUT2D eigenvalue weighted by atomic mass is 10.0. The molecule has 7 heteroatoms. The van der Waals surface area contributed by atoms with Gasteiger partial charge in [0.15, 0.2) is 0 Å². The average Bonchev–Trinajstić information content (AvgIpc) is 3.04. The van der Waals surface area contributed by atoms with E-state index in [4.69, 9.17) is 0 Å². The zero-order valence-electron chi connectivity index (χ0n) is 14.4. The summed E-state index contributed by atoms with van der Waals surface area (Å²) >= 11 is 1.79. The number of rotatable bonds is 4. The van der Waals surface area contributed by atoms with E-state index in [1.807, 2.05) is 41.3 Å². The van der Waals surface area contributed by atoms with Crippen LogP contribution < -0.4 is 0 Å². The van der Waals surface area contributed by atoms with Crippen LogP contribution in [0.15, 0.2) is 36.4 Å². The summed E-state index contributed by atoms with van der Waals surface area (Å²) in [5.74, 6) is 1.06. The Bertz CT molecular complexity index is 739. The first-order valence-electron chi connectivity index (χ1n) is 8.63. The molecule has 2 fully saturated rings. The molecule has 0 radical (unpaired) electrons. The van der Waals surface area contributed by atoms with Gasteiger partial charge < -0.3 is 4.90 Å². The predicted molar refractivity (Wildman–Crippen MR) is 103 cm³/mol. The quantitative estimate of drug-likeness (QED) is 0.753. The van der Waals surface area contributed by atoms with Gasteiger partial charge in [-0.3, -0.25) is 4.79 Å². The summed E-state index contributed by atoms with van der Waals surface area (Å²) in [5, 5.41) is 0. The lowest BCUT2D eigenvalue weighted by Gasteiger charge is -2.43. The van der Waals surface area contributed by atoms with Crippen LogP contribution in [0.5, 0.6) is 0 Å². The van der Waals surface area contributed by atoms with Crippen molar-refractivity contribution in [3.63, 3.8) is 0 Å². The molecule has 0 saturated carbocycles. The highest BCUT2D eigenvalue weighted by Gasteiger charge is 2.47. The van der Waals surface area contributed by atoms with Gasteiger partial charge in [-0.2, -0.15) is 0 Å². The molecule has 1 aromatic rings. The number of carbonyl (C=O) groups is 1. The van der Waals surface area contributed by atoms with Crippen molar-refractivity contribution >= 4 is 33.8 Å². The summed E-state index contributed by atoms with van der Waals surface area (Å²) in [7, 11) is -3.14. The highest BCUT2D eigenvalue weighted by Crippen LogP contribution is 2.44. The molecule has 2 saturated heterocycles. The number of piperidine rings is 1. The topological polar surface area (TPSA) is 57.7 Å². The monoisotopic (exact) mass is 380 g/mol. The molecule has 3 rings (SSSR count). The minimum Gasteiger partial charge on any atom is -0.324 e. The number of nitrogens with zero attached hydrogens (tertiary/aromatic N) is 2. The van der Waals surface area contributed by atoms with E-state index >= 15 is 0 Å². The van der Waals surface area contributed by atoms with Crippen molar-refractivity contribution in [1.82, 2.24) is 9.21 Å². The van der Waals surface area contributed by atoms with Crippen LogP contribution in [-0.2, 0) is 14.8 Å². The first-order chi connectivity index (χ1) is 12.0. The van der Waals surface area contributed by atoms with E-state index in [-0.39, 0.29) is 16.5 Å². The fourth-order valence-corrected chi connectivity index (χ4v) is 6.02. The van der Waals surface area contributed by atoms with Crippen molar-refractivity contribution in [2.45, 2.75) is 24.6 Å². The lowest BCUT2D eigenvalue weighted by molar-refractivity contribution is -0.129. The van der Waals surface area contributed by atoms with Crippen molar-refractivity contribution in [3.8, 4) is 0 Å². The zero-order chi connectivity index (χ0) is 17.9. The Morgan fingerprint density at radius 3 is 2.52 bits per heavy atom. The van der Waals surface area contributed by atoms with Gasteiger partial charge in [0.2, 0.25) is 15.9 Å². The summed E-state index contributed by atoms with van der Waals surface area (Å²) in [5.41, 5.74) is 1.00. The molecule has 0 bridgehead atoms. The van der Waals surface area contributed by atoms with E-state index in [9.17, 15) is 13.2 Å². The van der Waals surface area contributed by atoms with E-state index in [1.165, 1.54) is 0 Å². The summed E-state index contributed by atoms with van der Waals surface area (Å²) in [6.45, 7) is 3.39. The molecule has 1 amide bonds. The Kier molecular flexibility index (Phi) is 5.55. The highest BCUT2D eigenvalue weighted by atomic mass is 32.2. The Morgan fingerprint density at radius 2 is 1.88 bits per heavy atom. The summed E-state index contributed by atoms with van der Waals surface area (Å²) in [6, 6.07) is 9.77. The van der Waals surface area contributed by atoms with E-state index in [0.717, 1.165) is 17.9 Å². The second-order valence-corrected chi connectivity index (χ2v) is 10.0. The van der Waals surface area contributed by atoms with Gasteiger partial charge in [0.1, 0.15) is 0 Å². The predicted octanol–water partition coefficient (Wildman–Crippen LogP) is 2.42. The fraction of sp³-hybridized carbons (Fsp3) is 0.500. The van der Waals surface area contributed by atoms with Gasteiger partial charge in [-0.25, -0.2) is 12.7 Å². The van der Waals surface area contributed by atoms with Gasteiger partial charge in [0.05, 0.1) is 10.6 Å². The molecule has 0 aromatic heterocycles. The van der Waals surface area contributed by atoms with Crippen LogP contribution in [0.2, 0.25) is 0 Å². The minimum absolute atomic E-state index is 0.0145. The van der Waals surface area contributed by atoms with Crippen LogP contribution >= 0.6 is 11.8 Å². The molecule has 2 heterocycles. The van der Waals surface area contributed by atoms with Gasteiger partial charge in [0.25, 0.3) is 0 Å². The van der Waals surface area contributed by atoms with Gasteiger partial charge in [-0.15, -0.1) is 11.8 Å². The molecule has 2 aliphatic rings. The molecule has 0 aliphatic carbocycles. The average molecular weight is 381 g/mol. The maximum atomic E-state index is 12.7. The normalized spacial score (nSPS) is 21.2. The van der Waals surface area contributed by atoms with Crippen LogP contribution in [0.3, 0.4) is 0 Å². The van der Waals surface area contributed by atoms with Gasteiger partial charge in [-0.1, -0.05) is 30.3 Å². The van der Waals surface area contributed by atoms with Crippen LogP contribution in [0.4, 0.5) is 0 Å². The maximum absolute atomic E-state index is 12.7. The van der Waals surface area contributed by atoms with Crippen molar-refractivity contribution in [3.05, 3.63) is 42.0 Å². The molecule has 25 heavy (non-hydrogen) atoms. The first-order valence-corrected chi connectivity index (χ1v) is 11.2. The Hall–Kier alpha value is -1.31. The summed E-state index contributed by atoms with van der Waals surface area (Å²) < 4.78 is 25.7. The third-order valence-electron chi connectivity index (χ3n) is 4.92. The smallest absolute Gasteiger partial charge is 0.247 e. The van der Waals surface area contributed by atoms with E-state index in [1.54, 1.807) is 29.1 Å². The van der Waals surface area contributed by atoms with Crippen molar-refractivity contribution in [2.24, 2.45) is 0 Å². The third-order valence-corrected chi connectivity index (χ3v) is 8.36. The van der Waals surface area contributed by atoms with Gasteiger partial charge in [-0.05, 0) is 31.4 Å². The first kappa shape index (κ1) is 18.5. The minimum atomic E-state index is -3.14. The van der Waals surface area contributed by atoms with E-state index in [2.05, 4.69) is 0 Å².